The van der Waals surface area contributed by atoms with Gasteiger partial charge < -0.3 is 18.0 Å². The van der Waals surface area contributed by atoms with Crippen molar-refractivity contribution in [2.75, 3.05) is 0 Å². The standard InChI is InChI=1S/C13H22.C9H12.2C8H13N.2C7H10O.2C7H10S/c1-9-5-6-12-7-10-3-2-4-11(10)8-13(9)12;1-7-5-4-6-8(2)9(7)3;2*1-6-5-9(4)8(3)7(6)2;4*1-5-4-8-7(3)6(5)2/h9-13H,2-8H2,1H3;4-6H,1-3H3;2*5H,1-4H3;4*4H,1-3H3. The highest BCUT2D eigenvalue weighted by Gasteiger charge is 2.43. The van der Waals surface area contributed by atoms with Crippen molar-refractivity contribution >= 4 is 22.7 Å². The van der Waals surface area contributed by atoms with E-state index in [2.05, 4.69) is 189 Å². The Morgan fingerprint density at radius 3 is 1.06 bits per heavy atom. The summed E-state index contributed by atoms with van der Waals surface area (Å²) in [6.07, 6.45) is 18.9. The fourth-order valence-corrected chi connectivity index (χ4v) is 11.8. The van der Waals surface area contributed by atoms with E-state index in [1.165, 1.54) is 111 Å². The third kappa shape index (κ3) is 17.7. The van der Waals surface area contributed by atoms with Crippen LogP contribution in [0.5, 0.6) is 0 Å². The first-order valence-corrected chi connectivity index (χ1v) is 28.7. The van der Waals surface area contributed by atoms with E-state index in [0.29, 0.717) is 0 Å². The molecule has 0 amide bonds. The summed E-state index contributed by atoms with van der Waals surface area (Å²) in [4.78, 5) is 2.89. The van der Waals surface area contributed by atoms with E-state index in [0.717, 1.165) is 41.1 Å². The molecule has 72 heavy (non-hydrogen) atoms. The molecule has 5 atom stereocenters. The summed E-state index contributed by atoms with van der Waals surface area (Å²) in [6.45, 7) is 46.9. The van der Waals surface area contributed by atoms with Crippen LogP contribution in [0.15, 0.2) is 62.7 Å². The second-order valence-corrected chi connectivity index (χ2v) is 24.3. The molecule has 0 N–H and O–H groups in total. The van der Waals surface area contributed by atoms with Gasteiger partial charge in [0.1, 0.15) is 11.5 Å². The lowest BCUT2D eigenvalue weighted by Gasteiger charge is -2.36. The SMILES string of the molecule is CC1CCC2CC3CCCC3CC12.Cc1cccc(C)c1C.Cc1cn(C)c(C)c1C.Cc1cn(C)c(C)c1C.Cc1coc(C)c1C.Cc1coc(C)c1C.Cc1csc(C)c1C.Cc1csc(C)c1C. The molecule has 3 fully saturated rings. The fourth-order valence-electron chi connectivity index (χ4n) is 10.1. The van der Waals surface area contributed by atoms with Crippen molar-refractivity contribution in [1.29, 1.82) is 0 Å². The van der Waals surface area contributed by atoms with E-state index >= 15 is 0 Å². The van der Waals surface area contributed by atoms with Gasteiger partial charge in [-0.25, -0.2) is 0 Å². The number of hydrogen-bond donors (Lipinski definition) is 0. The molecule has 3 saturated carbocycles. The average molecular weight is 1020 g/mol. The Labute approximate surface area is 449 Å². The van der Waals surface area contributed by atoms with Crippen molar-refractivity contribution in [3.8, 4) is 0 Å². The van der Waals surface area contributed by atoms with E-state index in [9.17, 15) is 0 Å². The highest BCUT2D eigenvalue weighted by molar-refractivity contribution is 7.10. The minimum atomic E-state index is 1.03. The first kappa shape index (κ1) is 62.0. The Hall–Kier alpha value is -4.26. The van der Waals surface area contributed by atoms with Crippen LogP contribution in [0.25, 0.3) is 0 Å². The number of benzene rings is 1. The summed E-state index contributed by atoms with van der Waals surface area (Å²) in [5.74, 6) is 7.72. The molecule has 0 radical (unpaired) electrons. The molecule has 0 bridgehead atoms. The predicted octanol–water partition coefficient (Wildman–Crippen LogP) is 20.1. The molecule has 398 valence electrons. The number of hydrogen-bond acceptors (Lipinski definition) is 4. The van der Waals surface area contributed by atoms with Gasteiger partial charge in [0.05, 0.1) is 12.5 Å². The van der Waals surface area contributed by atoms with Crippen LogP contribution in [0, 0.1) is 175 Å². The topological polar surface area (TPSA) is 36.1 Å². The van der Waals surface area contributed by atoms with Crippen LogP contribution in [0.3, 0.4) is 0 Å². The van der Waals surface area contributed by atoms with E-state index < -0.39 is 0 Å². The minimum Gasteiger partial charge on any atom is -0.469 e. The summed E-state index contributed by atoms with van der Waals surface area (Å²) in [5.41, 5.74) is 23.3. The van der Waals surface area contributed by atoms with Crippen molar-refractivity contribution in [3.63, 3.8) is 0 Å². The van der Waals surface area contributed by atoms with Gasteiger partial charge in [0.15, 0.2) is 0 Å². The van der Waals surface area contributed by atoms with Gasteiger partial charge in [-0.05, 0) is 288 Å². The van der Waals surface area contributed by atoms with Crippen LogP contribution in [-0.4, -0.2) is 9.13 Å². The summed E-state index contributed by atoms with van der Waals surface area (Å²) in [7, 11) is 4.16. The van der Waals surface area contributed by atoms with Gasteiger partial charge in [0.2, 0.25) is 0 Å². The molecular weight excluding hydrogens is 917 g/mol. The molecule has 10 rings (SSSR count). The number of rotatable bonds is 0. The summed E-state index contributed by atoms with van der Waals surface area (Å²) < 4.78 is 14.5. The van der Waals surface area contributed by atoms with Gasteiger partial charge in [0, 0.05) is 47.6 Å². The third-order valence-corrected chi connectivity index (χ3v) is 19.7. The van der Waals surface area contributed by atoms with Crippen LogP contribution >= 0.6 is 22.7 Å². The molecule has 1 aromatic carbocycles. The Morgan fingerprint density at radius 2 is 0.819 bits per heavy atom. The molecule has 0 saturated heterocycles. The first-order chi connectivity index (χ1) is 33.7. The average Bonchev–Trinajstić information content (AvgIpc) is 4.26. The Bertz CT molecular complexity index is 2350. The van der Waals surface area contributed by atoms with E-state index in [1.54, 1.807) is 51.1 Å². The van der Waals surface area contributed by atoms with Crippen molar-refractivity contribution in [2.45, 2.75) is 197 Å². The fraction of sp³-hybridized carbons (Fsp3) is 0.545. The molecule has 7 aromatic rings. The largest absolute Gasteiger partial charge is 0.469 e. The number of thiophene rings is 2. The van der Waals surface area contributed by atoms with Gasteiger partial charge in [-0.3, -0.25) is 0 Å². The number of furan rings is 2. The molecule has 6 heterocycles. The summed E-state index contributed by atoms with van der Waals surface area (Å²) in [5, 5.41) is 4.40. The maximum Gasteiger partial charge on any atom is 0.103 e. The zero-order valence-corrected chi connectivity index (χ0v) is 51.7. The quantitative estimate of drug-likeness (QED) is 0.152. The highest BCUT2D eigenvalue weighted by Crippen LogP contribution is 2.54. The zero-order chi connectivity index (χ0) is 54.3. The second-order valence-electron chi connectivity index (χ2n) is 22.1. The first-order valence-electron chi connectivity index (χ1n) is 26.9. The van der Waals surface area contributed by atoms with Crippen molar-refractivity contribution in [1.82, 2.24) is 9.13 Å². The van der Waals surface area contributed by atoms with Gasteiger partial charge in [-0.1, -0.05) is 50.8 Å². The minimum absolute atomic E-state index is 1.03. The molecule has 0 aliphatic heterocycles. The summed E-state index contributed by atoms with van der Waals surface area (Å²) in [6, 6.07) is 6.38. The molecule has 4 nitrogen and oxygen atoms in total. The lowest BCUT2D eigenvalue weighted by Crippen LogP contribution is -2.28. The van der Waals surface area contributed by atoms with Gasteiger partial charge in [-0.15, -0.1) is 22.7 Å². The highest BCUT2D eigenvalue weighted by atomic mass is 32.1. The predicted molar refractivity (Wildman–Crippen MR) is 318 cm³/mol. The van der Waals surface area contributed by atoms with Crippen LogP contribution in [0.1, 0.15) is 168 Å². The number of fused-ring (bicyclic) bond motifs is 2. The molecular formula is C66H100N2O2S2. The van der Waals surface area contributed by atoms with Crippen molar-refractivity contribution in [2.24, 2.45) is 43.7 Å². The van der Waals surface area contributed by atoms with Crippen molar-refractivity contribution < 1.29 is 8.83 Å². The number of aryl methyl sites for hydroxylation is 14. The lowest BCUT2D eigenvalue weighted by atomic mass is 9.69. The van der Waals surface area contributed by atoms with Crippen LogP contribution in [0.4, 0.5) is 0 Å². The Kier molecular flexibility index (Phi) is 25.0. The van der Waals surface area contributed by atoms with Gasteiger partial charge in [-0.2, -0.15) is 0 Å². The smallest absolute Gasteiger partial charge is 0.103 e. The Morgan fingerprint density at radius 1 is 0.417 bits per heavy atom. The monoisotopic (exact) mass is 1020 g/mol. The van der Waals surface area contributed by atoms with E-state index in [1.807, 2.05) is 50.4 Å². The molecule has 5 unspecified atom stereocenters. The van der Waals surface area contributed by atoms with Gasteiger partial charge >= 0.3 is 0 Å². The van der Waals surface area contributed by atoms with Crippen LogP contribution in [0.2, 0.25) is 0 Å². The molecule has 6 aromatic heterocycles. The molecule has 3 aliphatic carbocycles. The molecule has 3 aliphatic rings. The maximum atomic E-state index is 5.09. The number of aromatic nitrogens is 2. The zero-order valence-electron chi connectivity index (χ0n) is 50.1. The summed E-state index contributed by atoms with van der Waals surface area (Å²) >= 11 is 3.66. The van der Waals surface area contributed by atoms with E-state index in [-0.39, 0.29) is 0 Å². The van der Waals surface area contributed by atoms with Crippen molar-refractivity contribution in [3.05, 3.63) is 170 Å². The lowest BCUT2D eigenvalue weighted by molar-refractivity contribution is 0.135. The third-order valence-electron chi connectivity index (χ3n) is 17.4. The molecule has 0 spiro atoms. The molecule has 6 heteroatoms. The maximum absolute atomic E-state index is 5.09. The van der Waals surface area contributed by atoms with E-state index in [4.69, 9.17) is 8.83 Å². The second kappa shape index (κ2) is 29.0. The van der Waals surface area contributed by atoms with Gasteiger partial charge in [0.25, 0.3) is 0 Å². The van der Waals surface area contributed by atoms with Crippen LogP contribution in [-0.2, 0) is 14.1 Å². The normalized spacial score (nSPS) is 18.0. The number of nitrogens with zero attached hydrogens (tertiary/aromatic N) is 2. The Balaban J connectivity index is 0.000000219. The van der Waals surface area contributed by atoms with Crippen LogP contribution < -0.4 is 0 Å².